The van der Waals surface area contributed by atoms with Crippen LogP contribution in [-0.2, 0) is 13.0 Å². The van der Waals surface area contributed by atoms with Crippen LogP contribution in [0.1, 0.15) is 39.0 Å². The smallest absolute Gasteiger partial charge is 0.0573 e. The van der Waals surface area contributed by atoms with Crippen LogP contribution in [0.2, 0.25) is 0 Å². The van der Waals surface area contributed by atoms with E-state index >= 15 is 0 Å². The fourth-order valence-corrected chi connectivity index (χ4v) is 1.69. The number of rotatable bonds is 6. The summed E-state index contributed by atoms with van der Waals surface area (Å²) >= 11 is 0. The fraction of sp³-hybridized carbons (Fsp3) is 0.643. The van der Waals surface area contributed by atoms with E-state index < -0.39 is 0 Å². The predicted octanol–water partition coefficient (Wildman–Crippen LogP) is 2.12. The van der Waals surface area contributed by atoms with Crippen molar-refractivity contribution in [3.05, 3.63) is 29.6 Å². The summed E-state index contributed by atoms with van der Waals surface area (Å²) in [6.07, 6.45) is 2.91. The normalized spacial score (nSPS) is 11.8. The SMILES string of the molecule is CCc1cccnc1CNCCNC(C)(C)C. The molecule has 1 aromatic heterocycles. The highest BCUT2D eigenvalue weighted by Crippen LogP contribution is 2.05. The number of aryl methyl sites for hydroxylation is 1. The van der Waals surface area contributed by atoms with E-state index in [-0.39, 0.29) is 5.54 Å². The quantitative estimate of drug-likeness (QED) is 0.742. The van der Waals surface area contributed by atoms with Crippen LogP contribution in [0.25, 0.3) is 0 Å². The molecule has 0 bridgehead atoms. The van der Waals surface area contributed by atoms with Crippen molar-refractivity contribution in [2.75, 3.05) is 13.1 Å². The highest BCUT2D eigenvalue weighted by Gasteiger charge is 2.07. The van der Waals surface area contributed by atoms with Gasteiger partial charge in [-0.3, -0.25) is 4.98 Å². The molecule has 3 heteroatoms. The van der Waals surface area contributed by atoms with E-state index in [1.54, 1.807) is 0 Å². The first-order valence-corrected chi connectivity index (χ1v) is 6.41. The van der Waals surface area contributed by atoms with Crippen LogP contribution in [0.4, 0.5) is 0 Å². The average molecular weight is 235 g/mol. The van der Waals surface area contributed by atoms with Crippen LogP contribution >= 0.6 is 0 Å². The van der Waals surface area contributed by atoms with E-state index in [0.29, 0.717) is 0 Å². The van der Waals surface area contributed by atoms with Crippen molar-refractivity contribution < 1.29 is 0 Å². The topological polar surface area (TPSA) is 37.0 Å². The summed E-state index contributed by atoms with van der Waals surface area (Å²) in [6, 6.07) is 4.15. The molecule has 1 aromatic rings. The third-order valence-corrected chi connectivity index (χ3v) is 2.61. The van der Waals surface area contributed by atoms with Gasteiger partial charge in [0.25, 0.3) is 0 Å². The lowest BCUT2D eigenvalue weighted by atomic mass is 10.1. The number of hydrogen-bond acceptors (Lipinski definition) is 3. The molecule has 0 amide bonds. The molecule has 0 unspecified atom stereocenters. The minimum absolute atomic E-state index is 0.196. The lowest BCUT2D eigenvalue weighted by Crippen LogP contribution is -2.40. The molecule has 1 rings (SSSR count). The molecule has 17 heavy (non-hydrogen) atoms. The predicted molar refractivity (Wildman–Crippen MR) is 73.1 cm³/mol. The largest absolute Gasteiger partial charge is 0.311 e. The Morgan fingerprint density at radius 1 is 1.24 bits per heavy atom. The van der Waals surface area contributed by atoms with Crippen molar-refractivity contribution in [1.82, 2.24) is 15.6 Å². The molecular weight excluding hydrogens is 210 g/mol. The van der Waals surface area contributed by atoms with Crippen molar-refractivity contribution in [2.45, 2.75) is 46.2 Å². The molecule has 0 atom stereocenters. The van der Waals surface area contributed by atoms with Crippen LogP contribution in [0, 0.1) is 0 Å². The highest BCUT2D eigenvalue weighted by molar-refractivity contribution is 5.19. The van der Waals surface area contributed by atoms with Gasteiger partial charge < -0.3 is 10.6 Å². The zero-order valence-electron chi connectivity index (χ0n) is 11.5. The van der Waals surface area contributed by atoms with Gasteiger partial charge in [0.05, 0.1) is 5.69 Å². The Kier molecular flexibility index (Phi) is 5.59. The lowest BCUT2D eigenvalue weighted by molar-refractivity contribution is 0.421. The van der Waals surface area contributed by atoms with E-state index in [0.717, 1.165) is 26.1 Å². The molecule has 2 N–H and O–H groups in total. The standard InChI is InChI=1S/C14H25N3/c1-5-12-7-6-8-16-13(12)11-15-9-10-17-14(2,3)4/h6-8,15,17H,5,9-11H2,1-4H3. The van der Waals surface area contributed by atoms with Gasteiger partial charge in [0.2, 0.25) is 0 Å². The van der Waals surface area contributed by atoms with E-state index in [9.17, 15) is 0 Å². The Morgan fingerprint density at radius 3 is 2.65 bits per heavy atom. The Labute approximate surface area is 105 Å². The molecule has 0 radical (unpaired) electrons. The fourth-order valence-electron chi connectivity index (χ4n) is 1.69. The summed E-state index contributed by atoms with van der Waals surface area (Å²) in [4.78, 5) is 4.41. The number of hydrogen-bond donors (Lipinski definition) is 2. The Bertz CT molecular complexity index is 328. The molecule has 0 saturated heterocycles. The van der Waals surface area contributed by atoms with Crippen LogP contribution in [0.15, 0.2) is 18.3 Å². The molecule has 3 nitrogen and oxygen atoms in total. The first-order chi connectivity index (χ1) is 8.03. The second-order valence-corrected chi connectivity index (χ2v) is 5.32. The van der Waals surface area contributed by atoms with Gasteiger partial charge in [0, 0.05) is 31.4 Å². The van der Waals surface area contributed by atoms with E-state index in [1.165, 1.54) is 11.3 Å². The van der Waals surface area contributed by atoms with Gasteiger partial charge in [-0.2, -0.15) is 0 Å². The van der Waals surface area contributed by atoms with Gasteiger partial charge in [-0.1, -0.05) is 13.0 Å². The zero-order valence-corrected chi connectivity index (χ0v) is 11.5. The number of pyridine rings is 1. The van der Waals surface area contributed by atoms with Crippen molar-refractivity contribution in [3.8, 4) is 0 Å². The number of nitrogens with zero attached hydrogens (tertiary/aromatic N) is 1. The van der Waals surface area contributed by atoms with Crippen molar-refractivity contribution >= 4 is 0 Å². The monoisotopic (exact) mass is 235 g/mol. The van der Waals surface area contributed by atoms with Crippen molar-refractivity contribution in [2.24, 2.45) is 0 Å². The zero-order chi connectivity index (χ0) is 12.7. The van der Waals surface area contributed by atoms with Crippen LogP contribution in [0.5, 0.6) is 0 Å². The van der Waals surface area contributed by atoms with Gasteiger partial charge in [-0.05, 0) is 38.8 Å². The van der Waals surface area contributed by atoms with Crippen LogP contribution < -0.4 is 10.6 Å². The third kappa shape index (κ3) is 5.80. The minimum Gasteiger partial charge on any atom is -0.311 e. The highest BCUT2D eigenvalue weighted by atomic mass is 15.0. The summed E-state index contributed by atoms with van der Waals surface area (Å²) in [5.74, 6) is 0. The average Bonchev–Trinajstić information content (AvgIpc) is 2.27. The van der Waals surface area contributed by atoms with E-state index in [4.69, 9.17) is 0 Å². The maximum atomic E-state index is 4.41. The van der Waals surface area contributed by atoms with Gasteiger partial charge >= 0.3 is 0 Å². The summed E-state index contributed by atoms with van der Waals surface area (Å²) in [5, 5.41) is 6.88. The summed E-state index contributed by atoms with van der Waals surface area (Å²) < 4.78 is 0. The van der Waals surface area contributed by atoms with Gasteiger partial charge in [-0.25, -0.2) is 0 Å². The molecule has 0 spiro atoms. The second kappa shape index (κ2) is 6.72. The maximum absolute atomic E-state index is 4.41. The van der Waals surface area contributed by atoms with E-state index in [2.05, 4.69) is 49.4 Å². The molecule has 0 aromatic carbocycles. The number of nitrogens with one attached hydrogen (secondary N) is 2. The van der Waals surface area contributed by atoms with Gasteiger partial charge in [-0.15, -0.1) is 0 Å². The lowest BCUT2D eigenvalue weighted by Gasteiger charge is -2.20. The molecule has 0 aliphatic carbocycles. The van der Waals surface area contributed by atoms with Crippen molar-refractivity contribution in [1.29, 1.82) is 0 Å². The maximum Gasteiger partial charge on any atom is 0.0573 e. The second-order valence-electron chi connectivity index (χ2n) is 5.32. The van der Waals surface area contributed by atoms with Crippen molar-refractivity contribution in [3.63, 3.8) is 0 Å². The minimum atomic E-state index is 0.196. The Balaban J connectivity index is 2.27. The first-order valence-electron chi connectivity index (χ1n) is 6.41. The van der Waals surface area contributed by atoms with Crippen LogP contribution in [-0.4, -0.2) is 23.6 Å². The molecule has 1 heterocycles. The molecular formula is C14H25N3. The molecule has 0 saturated carbocycles. The number of aromatic nitrogens is 1. The van der Waals surface area contributed by atoms with E-state index in [1.807, 2.05) is 12.3 Å². The van der Waals surface area contributed by atoms with Gasteiger partial charge in [0.15, 0.2) is 0 Å². The molecule has 0 aliphatic rings. The molecule has 0 fully saturated rings. The first kappa shape index (κ1) is 14.1. The van der Waals surface area contributed by atoms with Crippen LogP contribution in [0.3, 0.4) is 0 Å². The summed E-state index contributed by atoms with van der Waals surface area (Å²) in [6.45, 7) is 11.5. The Hall–Kier alpha value is -0.930. The third-order valence-electron chi connectivity index (χ3n) is 2.61. The van der Waals surface area contributed by atoms with Gasteiger partial charge in [0.1, 0.15) is 0 Å². The molecule has 0 aliphatic heterocycles. The Morgan fingerprint density at radius 2 is 2.00 bits per heavy atom. The summed E-state index contributed by atoms with van der Waals surface area (Å²) in [7, 11) is 0. The summed E-state index contributed by atoms with van der Waals surface area (Å²) in [5.41, 5.74) is 2.70. The molecule has 96 valence electrons.